The number of carboxylic acid groups (broad SMARTS) is 2. The van der Waals surface area contributed by atoms with Crippen LogP contribution in [0.1, 0.15) is 19.3 Å². The summed E-state index contributed by atoms with van der Waals surface area (Å²) in [5, 5.41) is 18.0. The molecule has 0 saturated heterocycles. The zero-order chi connectivity index (χ0) is 12.1. The Bertz CT molecular complexity index is 412. The average Bonchev–Trinajstić information content (AvgIpc) is 2.16. The van der Waals surface area contributed by atoms with Crippen LogP contribution in [0.5, 0.6) is 0 Å². The van der Waals surface area contributed by atoms with E-state index in [4.69, 9.17) is 10.2 Å². The predicted molar refractivity (Wildman–Crippen MR) is 48.5 cm³/mol. The smallest absolute Gasteiger partial charge is 0.315 e. The third-order valence-electron chi connectivity index (χ3n) is 3.61. The number of carbonyl (C=O) groups is 4. The van der Waals surface area contributed by atoms with Crippen molar-refractivity contribution < 1.29 is 29.4 Å². The van der Waals surface area contributed by atoms with Crippen molar-refractivity contribution in [2.45, 2.75) is 19.3 Å². The van der Waals surface area contributed by atoms with Crippen molar-refractivity contribution in [1.82, 2.24) is 0 Å². The summed E-state index contributed by atoms with van der Waals surface area (Å²) >= 11 is 0. The molecule has 0 aliphatic heterocycles. The first-order chi connectivity index (χ1) is 7.40. The van der Waals surface area contributed by atoms with Crippen molar-refractivity contribution >= 4 is 23.5 Å². The Kier molecular flexibility index (Phi) is 2.11. The Hall–Kier alpha value is -1.72. The highest BCUT2D eigenvalue weighted by Crippen LogP contribution is 2.50. The number of ketones is 2. The molecule has 2 N–H and O–H groups in total. The molecule has 0 radical (unpaired) electrons. The minimum absolute atomic E-state index is 0.0848. The summed E-state index contributed by atoms with van der Waals surface area (Å²) in [4.78, 5) is 45.3. The van der Waals surface area contributed by atoms with Crippen molar-refractivity contribution in [3.63, 3.8) is 0 Å². The van der Waals surface area contributed by atoms with Gasteiger partial charge in [0.25, 0.3) is 0 Å². The summed E-state index contributed by atoms with van der Waals surface area (Å²) < 4.78 is 0. The fourth-order valence-corrected chi connectivity index (χ4v) is 2.77. The molecule has 2 bridgehead atoms. The quantitative estimate of drug-likeness (QED) is 0.626. The molecule has 16 heavy (non-hydrogen) atoms. The van der Waals surface area contributed by atoms with Crippen LogP contribution in [0.3, 0.4) is 0 Å². The molecule has 0 heterocycles. The van der Waals surface area contributed by atoms with Crippen LogP contribution in [0.15, 0.2) is 0 Å². The Balaban J connectivity index is 2.53. The van der Waals surface area contributed by atoms with E-state index in [0.29, 0.717) is 0 Å². The second-order valence-corrected chi connectivity index (χ2v) is 4.37. The van der Waals surface area contributed by atoms with E-state index < -0.39 is 40.8 Å². The van der Waals surface area contributed by atoms with Crippen LogP contribution < -0.4 is 0 Å². The summed E-state index contributed by atoms with van der Waals surface area (Å²) in [6.45, 7) is 0. The zero-order valence-corrected chi connectivity index (χ0v) is 8.30. The number of carboxylic acids is 2. The van der Waals surface area contributed by atoms with Gasteiger partial charge in [-0.15, -0.1) is 0 Å². The number of Topliss-reactive ketones (excluding diaryl/α,β-unsaturated/α-hetero) is 2. The molecule has 0 amide bonds. The van der Waals surface area contributed by atoms with Crippen LogP contribution in [-0.2, 0) is 19.2 Å². The molecule has 3 saturated carbocycles. The molecular weight excluding hydrogens is 216 g/mol. The number of aliphatic carboxylic acids is 2. The first-order valence-electron chi connectivity index (χ1n) is 4.93. The minimum atomic E-state index is -1.71. The van der Waals surface area contributed by atoms with Gasteiger partial charge >= 0.3 is 11.9 Å². The van der Waals surface area contributed by atoms with Gasteiger partial charge < -0.3 is 10.2 Å². The second kappa shape index (κ2) is 3.13. The van der Waals surface area contributed by atoms with E-state index in [0.717, 1.165) is 0 Å². The fraction of sp³-hybridized carbons (Fsp3) is 0.600. The average molecular weight is 226 g/mol. The normalized spacial score (nSPS) is 37.5. The van der Waals surface area contributed by atoms with E-state index in [1.165, 1.54) is 0 Å². The van der Waals surface area contributed by atoms with E-state index in [1.807, 2.05) is 0 Å². The molecule has 0 spiro atoms. The summed E-state index contributed by atoms with van der Waals surface area (Å²) in [6.07, 6.45) is -0.0924. The second-order valence-electron chi connectivity index (χ2n) is 4.37. The third-order valence-corrected chi connectivity index (χ3v) is 3.61. The van der Waals surface area contributed by atoms with Gasteiger partial charge in [0.2, 0.25) is 0 Å². The maximum atomic E-state index is 11.7. The monoisotopic (exact) mass is 226 g/mol. The van der Waals surface area contributed by atoms with E-state index in [-0.39, 0.29) is 19.3 Å². The molecule has 0 aromatic rings. The highest BCUT2D eigenvalue weighted by molar-refractivity contribution is 6.17. The molecule has 3 aliphatic carbocycles. The van der Waals surface area contributed by atoms with E-state index in [9.17, 15) is 19.2 Å². The van der Waals surface area contributed by atoms with E-state index in [1.54, 1.807) is 0 Å². The summed E-state index contributed by atoms with van der Waals surface area (Å²) in [6, 6.07) is 0. The van der Waals surface area contributed by atoms with Gasteiger partial charge in [-0.25, -0.2) is 0 Å². The van der Waals surface area contributed by atoms with E-state index >= 15 is 0 Å². The lowest BCUT2D eigenvalue weighted by molar-refractivity contribution is -0.179. The number of carbonyl (C=O) groups excluding carboxylic acids is 2. The van der Waals surface area contributed by atoms with Crippen LogP contribution in [0.4, 0.5) is 0 Å². The topological polar surface area (TPSA) is 109 Å². The molecule has 3 unspecified atom stereocenters. The number of rotatable bonds is 2. The van der Waals surface area contributed by atoms with Crippen LogP contribution in [0.25, 0.3) is 0 Å². The van der Waals surface area contributed by atoms with Gasteiger partial charge in [-0.1, -0.05) is 0 Å². The highest BCUT2D eigenvalue weighted by atomic mass is 16.4. The van der Waals surface area contributed by atoms with Gasteiger partial charge in [0, 0.05) is 6.42 Å². The molecular formula is C10H10O6. The molecule has 3 atom stereocenters. The molecule has 0 aromatic carbocycles. The SMILES string of the molecule is O=C1CC2(C(=O)O)CCC1C(=O)C2C(=O)O. The van der Waals surface area contributed by atoms with Crippen molar-refractivity contribution in [2.24, 2.45) is 17.3 Å². The van der Waals surface area contributed by atoms with Crippen molar-refractivity contribution in [2.75, 3.05) is 0 Å². The van der Waals surface area contributed by atoms with Crippen molar-refractivity contribution in [3.05, 3.63) is 0 Å². The van der Waals surface area contributed by atoms with Crippen LogP contribution in [0, 0.1) is 17.3 Å². The van der Waals surface area contributed by atoms with Crippen molar-refractivity contribution in [1.29, 1.82) is 0 Å². The van der Waals surface area contributed by atoms with Gasteiger partial charge in [-0.3, -0.25) is 19.2 Å². The lowest BCUT2D eigenvalue weighted by Crippen LogP contribution is -2.59. The lowest BCUT2D eigenvalue weighted by Gasteiger charge is -2.44. The number of fused-ring (bicyclic) bond motifs is 3. The maximum Gasteiger partial charge on any atom is 0.315 e. The Morgan fingerprint density at radius 1 is 1.25 bits per heavy atom. The molecule has 86 valence electrons. The standard InChI is InChI=1S/C10H10O6/c11-5-3-10(9(15)16)2-1-4(5)7(12)6(10)8(13)14/h4,6H,1-3H2,(H,13,14)(H,15,16). The zero-order valence-electron chi connectivity index (χ0n) is 8.30. The first-order valence-corrected chi connectivity index (χ1v) is 4.93. The molecule has 3 fully saturated rings. The van der Waals surface area contributed by atoms with Gasteiger partial charge in [-0.05, 0) is 12.8 Å². The Labute approximate surface area is 90.2 Å². The largest absolute Gasteiger partial charge is 0.481 e. The number of hydrogen-bond acceptors (Lipinski definition) is 4. The van der Waals surface area contributed by atoms with Crippen LogP contribution in [0.2, 0.25) is 0 Å². The van der Waals surface area contributed by atoms with Crippen LogP contribution in [-0.4, -0.2) is 33.7 Å². The van der Waals surface area contributed by atoms with Crippen molar-refractivity contribution in [3.8, 4) is 0 Å². The summed E-state index contributed by atoms with van der Waals surface area (Å²) in [5.74, 6) is -6.44. The summed E-state index contributed by atoms with van der Waals surface area (Å²) in [5.41, 5.74) is -1.71. The Morgan fingerprint density at radius 3 is 2.31 bits per heavy atom. The molecule has 0 aromatic heterocycles. The molecule has 3 rings (SSSR count). The van der Waals surface area contributed by atoms with Gasteiger partial charge in [0.05, 0.1) is 11.3 Å². The molecule has 6 heteroatoms. The molecule has 6 nitrogen and oxygen atoms in total. The maximum absolute atomic E-state index is 11.7. The third kappa shape index (κ3) is 1.12. The van der Waals surface area contributed by atoms with E-state index in [2.05, 4.69) is 0 Å². The predicted octanol–water partition coefficient (Wildman–Crippen LogP) is -0.290. The summed E-state index contributed by atoms with van der Waals surface area (Å²) in [7, 11) is 0. The van der Waals surface area contributed by atoms with Crippen LogP contribution >= 0.6 is 0 Å². The highest BCUT2D eigenvalue weighted by Gasteiger charge is 2.63. The van der Waals surface area contributed by atoms with Gasteiger partial charge in [0.15, 0.2) is 5.78 Å². The lowest BCUT2D eigenvalue weighted by atomic mass is 9.54. The molecule has 3 aliphatic rings. The van der Waals surface area contributed by atoms with Gasteiger partial charge in [0.1, 0.15) is 11.7 Å². The number of hydrogen-bond donors (Lipinski definition) is 2. The first kappa shape index (κ1) is 10.8. The van der Waals surface area contributed by atoms with Gasteiger partial charge in [-0.2, -0.15) is 0 Å². The Morgan fingerprint density at radius 2 is 1.88 bits per heavy atom. The fourth-order valence-electron chi connectivity index (χ4n) is 2.77. The minimum Gasteiger partial charge on any atom is -0.481 e.